The minimum absolute atomic E-state index is 0.146. The highest BCUT2D eigenvalue weighted by molar-refractivity contribution is 8.13. The number of carbonyl (C=O) groups excluding carboxylic acids is 2. The Balaban J connectivity index is 3.35. The minimum Gasteiger partial charge on any atom is -0.304 e. The smallest absolute Gasteiger partial charge is 0.188 e. The summed E-state index contributed by atoms with van der Waals surface area (Å²) in [5, 5.41) is 3.45. The summed E-state index contributed by atoms with van der Waals surface area (Å²) in [6.07, 6.45) is 18.8. The molecule has 1 unspecified atom stereocenters. The SMILES string of the molecule is CCCCCCCCCCCCCCCC(=O)SCC(C)N[C@H](C=O)CS. The van der Waals surface area contributed by atoms with E-state index in [-0.39, 0.29) is 17.2 Å². The third-order valence-electron chi connectivity index (χ3n) is 4.84. The van der Waals surface area contributed by atoms with Gasteiger partial charge in [0.05, 0.1) is 6.04 Å². The Morgan fingerprint density at radius 1 is 0.926 bits per heavy atom. The van der Waals surface area contributed by atoms with Crippen LogP contribution in [0.15, 0.2) is 0 Å². The lowest BCUT2D eigenvalue weighted by Crippen LogP contribution is -2.40. The lowest BCUT2D eigenvalue weighted by atomic mass is 10.0. The zero-order valence-corrected chi connectivity index (χ0v) is 19.4. The summed E-state index contributed by atoms with van der Waals surface area (Å²) in [4.78, 5) is 22.7. The van der Waals surface area contributed by atoms with Crippen molar-refractivity contribution in [1.29, 1.82) is 0 Å². The van der Waals surface area contributed by atoms with Crippen LogP contribution in [0.1, 0.15) is 104 Å². The first-order chi connectivity index (χ1) is 13.1. The van der Waals surface area contributed by atoms with Crippen LogP contribution < -0.4 is 5.32 Å². The first kappa shape index (κ1) is 27.0. The van der Waals surface area contributed by atoms with E-state index in [2.05, 4.69) is 24.9 Å². The summed E-state index contributed by atoms with van der Waals surface area (Å²) in [5.74, 6) is 1.21. The van der Waals surface area contributed by atoms with E-state index in [0.717, 1.165) is 18.5 Å². The monoisotopic (exact) mass is 417 g/mol. The molecule has 0 saturated heterocycles. The Morgan fingerprint density at radius 3 is 1.85 bits per heavy atom. The van der Waals surface area contributed by atoms with Crippen LogP contribution in [0.3, 0.4) is 0 Å². The predicted molar refractivity (Wildman–Crippen MR) is 124 cm³/mol. The van der Waals surface area contributed by atoms with E-state index < -0.39 is 0 Å². The largest absolute Gasteiger partial charge is 0.304 e. The molecule has 0 bridgehead atoms. The fourth-order valence-corrected chi connectivity index (χ4v) is 4.14. The normalized spacial score (nSPS) is 13.4. The van der Waals surface area contributed by atoms with Gasteiger partial charge in [-0.05, 0) is 13.3 Å². The number of nitrogens with one attached hydrogen (secondary N) is 1. The minimum atomic E-state index is -0.222. The van der Waals surface area contributed by atoms with Crippen molar-refractivity contribution in [2.75, 3.05) is 11.5 Å². The maximum absolute atomic E-state index is 11.9. The van der Waals surface area contributed by atoms with Crippen molar-refractivity contribution < 1.29 is 9.59 Å². The molecule has 0 fully saturated rings. The zero-order valence-electron chi connectivity index (χ0n) is 17.7. The van der Waals surface area contributed by atoms with Crippen molar-refractivity contribution in [2.24, 2.45) is 0 Å². The lowest BCUT2D eigenvalue weighted by molar-refractivity contribution is -0.111. The molecule has 0 heterocycles. The van der Waals surface area contributed by atoms with E-state index in [1.54, 1.807) is 0 Å². The number of aldehydes is 1. The maximum Gasteiger partial charge on any atom is 0.188 e. The quantitative estimate of drug-likeness (QED) is 0.141. The molecule has 27 heavy (non-hydrogen) atoms. The number of carbonyl (C=O) groups is 2. The number of unbranched alkanes of at least 4 members (excludes halogenated alkanes) is 12. The molecule has 0 amide bonds. The first-order valence-corrected chi connectivity index (χ1v) is 12.7. The van der Waals surface area contributed by atoms with E-state index in [9.17, 15) is 9.59 Å². The topological polar surface area (TPSA) is 46.2 Å². The van der Waals surface area contributed by atoms with E-state index in [1.165, 1.54) is 88.8 Å². The van der Waals surface area contributed by atoms with Gasteiger partial charge < -0.3 is 10.1 Å². The van der Waals surface area contributed by atoms with Gasteiger partial charge in [0.25, 0.3) is 0 Å². The van der Waals surface area contributed by atoms with Gasteiger partial charge in [-0.2, -0.15) is 12.6 Å². The molecule has 160 valence electrons. The van der Waals surface area contributed by atoms with Gasteiger partial charge in [0.2, 0.25) is 0 Å². The van der Waals surface area contributed by atoms with Gasteiger partial charge in [-0.25, -0.2) is 0 Å². The average molecular weight is 418 g/mol. The molecular formula is C22H43NO2S2. The molecule has 0 saturated carbocycles. The van der Waals surface area contributed by atoms with E-state index >= 15 is 0 Å². The molecule has 0 aromatic heterocycles. The van der Waals surface area contributed by atoms with E-state index in [4.69, 9.17) is 0 Å². The van der Waals surface area contributed by atoms with Gasteiger partial charge in [-0.1, -0.05) is 95.7 Å². The third kappa shape index (κ3) is 19.1. The van der Waals surface area contributed by atoms with Crippen molar-refractivity contribution in [2.45, 2.75) is 116 Å². The van der Waals surface area contributed by atoms with Crippen LogP contribution in [-0.4, -0.2) is 35.0 Å². The first-order valence-electron chi connectivity index (χ1n) is 11.1. The summed E-state index contributed by atoms with van der Waals surface area (Å²) in [5.41, 5.74) is 0. The molecule has 0 aromatic carbocycles. The van der Waals surface area contributed by atoms with Gasteiger partial charge in [0.15, 0.2) is 5.12 Å². The number of rotatable bonds is 20. The second-order valence-corrected chi connectivity index (χ2v) is 9.11. The number of hydrogen-bond donors (Lipinski definition) is 2. The van der Waals surface area contributed by atoms with Crippen LogP contribution in [0.2, 0.25) is 0 Å². The number of hydrogen-bond acceptors (Lipinski definition) is 5. The molecule has 3 nitrogen and oxygen atoms in total. The summed E-state index contributed by atoms with van der Waals surface area (Å²) < 4.78 is 0. The Hall–Kier alpha value is -0.000000000000000111. The predicted octanol–water partition coefficient (Wildman–Crippen LogP) is 6.20. The molecule has 0 radical (unpaired) electrons. The zero-order chi connectivity index (χ0) is 20.2. The molecule has 1 N–H and O–H groups in total. The van der Waals surface area contributed by atoms with Crippen molar-refractivity contribution in [3.8, 4) is 0 Å². The molecule has 0 aliphatic heterocycles. The van der Waals surface area contributed by atoms with Gasteiger partial charge in [0.1, 0.15) is 6.29 Å². The number of thiol groups is 1. The van der Waals surface area contributed by atoms with Crippen LogP contribution >= 0.6 is 24.4 Å². The molecule has 0 aliphatic rings. The second-order valence-electron chi connectivity index (χ2n) is 7.67. The van der Waals surface area contributed by atoms with Crippen molar-refractivity contribution >= 4 is 35.8 Å². The van der Waals surface area contributed by atoms with Crippen LogP contribution in [0.25, 0.3) is 0 Å². The molecule has 5 heteroatoms. The Labute approximate surface area is 178 Å². The molecule has 0 spiro atoms. The third-order valence-corrected chi connectivity index (χ3v) is 6.42. The molecular weight excluding hydrogens is 374 g/mol. The Kier molecular flexibility index (Phi) is 20.7. The molecule has 0 rings (SSSR count). The molecule has 0 aromatic rings. The summed E-state index contributed by atoms with van der Waals surface area (Å²) in [7, 11) is 0. The van der Waals surface area contributed by atoms with Gasteiger partial charge in [-0.15, -0.1) is 0 Å². The maximum atomic E-state index is 11.9. The fourth-order valence-electron chi connectivity index (χ4n) is 3.13. The van der Waals surface area contributed by atoms with Crippen LogP contribution in [0, 0.1) is 0 Å². The van der Waals surface area contributed by atoms with Gasteiger partial charge >= 0.3 is 0 Å². The highest BCUT2D eigenvalue weighted by Gasteiger charge is 2.11. The molecule has 2 atom stereocenters. The average Bonchev–Trinajstić information content (AvgIpc) is 2.68. The Bertz CT molecular complexity index is 353. The van der Waals surface area contributed by atoms with Crippen molar-refractivity contribution in [3.63, 3.8) is 0 Å². The highest BCUT2D eigenvalue weighted by Crippen LogP contribution is 2.15. The fraction of sp³-hybridized carbons (Fsp3) is 0.909. The van der Waals surface area contributed by atoms with E-state index in [1.807, 2.05) is 6.92 Å². The van der Waals surface area contributed by atoms with Gasteiger partial charge in [-0.3, -0.25) is 4.79 Å². The van der Waals surface area contributed by atoms with Crippen molar-refractivity contribution in [3.05, 3.63) is 0 Å². The lowest BCUT2D eigenvalue weighted by Gasteiger charge is -2.16. The molecule has 0 aliphatic carbocycles. The standard InChI is InChI=1S/C22H43NO2S2/c1-3-4-5-6-7-8-9-10-11-12-13-14-15-16-22(25)27-19-20(2)23-21(17-24)18-26/h17,20-21,23,26H,3-16,18-19H2,1-2H3/t20?,21-/m1/s1. The summed E-state index contributed by atoms with van der Waals surface area (Å²) in [6, 6.07) is -0.0759. The highest BCUT2D eigenvalue weighted by atomic mass is 32.2. The van der Waals surface area contributed by atoms with Crippen LogP contribution in [-0.2, 0) is 9.59 Å². The number of thioether (sulfide) groups is 1. The summed E-state index contributed by atoms with van der Waals surface area (Å²) in [6.45, 7) is 4.27. The van der Waals surface area contributed by atoms with Crippen LogP contribution in [0.5, 0.6) is 0 Å². The van der Waals surface area contributed by atoms with E-state index in [0.29, 0.717) is 12.2 Å². The Morgan fingerprint density at radius 2 is 1.41 bits per heavy atom. The van der Waals surface area contributed by atoms with Crippen LogP contribution in [0.4, 0.5) is 0 Å². The second kappa shape index (κ2) is 20.7. The van der Waals surface area contributed by atoms with Crippen molar-refractivity contribution in [1.82, 2.24) is 5.32 Å². The summed E-state index contributed by atoms with van der Waals surface area (Å²) >= 11 is 5.51. The van der Waals surface area contributed by atoms with Gasteiger partial charge in [0, 0.05) is 24.0 Å².